The van der Waals surface area contributed by atoms with Gasteiger partial charge in [0.1, 0.15) is 5.01 Å². The van der Waals surface area contributed by atoms with Crippen LogP contribution in [0.15, 0.2) is 47.2 Å². The number of thiazole rings is 1. The molecule has 0 bridgehead atoms. The zero-order chi connectivity index (χ0) is 20.1. The molecule has 5 nitrogen and oxygen atoms in total. The lowest BCUT2D eigenvalue weighted by atomic mass is 10.2. The molecule has 1 aliphatic rings. The highest BCUT2D eigenvalue weighted by atomic mass is 32.1. The number of thiophene rings is 1. The Hall–Kier alpha value is -2.06. The Morgan fingerprint density at radius 1 is 1.07 bits per heavy atom. The lowest BCUT2D eigenvalue weighted by Gasteiger charge is -2.33. The predicted molar refractivity (Wildman–Crippen MR) is 120 cm³/mol. The Morgan fingerprint density at radius 2 is 1.83 bits per heavy atom. The molecule has 3 aromatic rings. The number of nitrogens with one attached hydrogen (secondary N) is 1. The van der Waals surface area contributed by atoms with Crippen LogP contribution in [0, 0.1) is 6.92 Å². The highest BCUT2D eigenvalue weighted by molar-refractivity contribution is 7.13. The first kappa shape index (κ1) is 20.2. The Kier molecular flexibility index (Phi) is 6.71. The molecule has 1 amide bonds. The first-order chi connectivity index (χ1) is 14.2. The van der Waals surface area contributed by atoms with Crippen molar-refractivity contribution in [3.63, 3.8) is 0 Å². The fraction of sp³-hybridized carbons (Fsp3) is 0.364. The molecule has 1 aliphatic heterocycles. The summed E-state index contributed by atoms with van der Waals surface area (Å²) in [5.41, 5.74) is 3.56. The second-order valence-corrected chi connectivity index (χ2v) is 9.22. The number of rotatable bonds is 7. The van der Waals surface area contributed by atoms with Crippen LogP contribution in [0.3, 0.4) is 0 Å². The minimum absolute atomic E-state index is 0.109. The number of hydrogen-bond donors (Lipinski definition) is 1. The maximum Gasteiger partial charge on any atom is 0.234 e. The standard InChI is InChI=1S/C22H26N4OS2/c1-17-7-12-28-20(17)13-23-21(27)15-26-10-8-25(9-11-26)14-19-16-29-22(24-19)18-5-3-2-4-6-18/h2-7,12,16H,8-11,13-15H2,1H3,(H,23,27). The SMILES string of the molecule is Cc1ccsc1CNC(=O)CN1CCN(Cc2csc(-c3ccccc3)n2)CC1. The van der Waals surface area contributed by atoms with Crippen LogP contribution in [-0.2, 0) is 17.9 Å². The van der Waals surface area contributed by atoms with Crippen LogP contribution in [0.2, 0.25) is 0 Å². The topological polar surface area (TPSA) is 48.5 Å². The molecule has 3 heterocycles. The van der Waals surface area contributed by atoms with Gasteiger partial charge in [-0.2, -0.15) is 0 Å². The number of carbonyl (C=O) groups is 1. The number of hydrogen-bond acceptors (Lipinski definition) is 6. The summed E-state index contributed by atoms with van der Waals surface area (Å²) in [5.74, 6) is 0.109. The molecule has 0 aliphatic carbocycles. The van der Waals surface area contributed by atoms with Crippen LogP contribution >= 0.6 is 22.7 Å². The third-order valence-electron chi connectivity index (χ3n) is 5.20. The highest BCUT2D eigenvalue weighted by Gasteiger charge is 2.20. The van der Waals surface area contributed by atoms with Gasteiger partial charge in [0, 0.05) is 48.5 Å². The second kappa shape index (κ2) is 9.63. The molecule has 0 unspecified atom stereocenters. The van der Waals surface area contributed by atoms with Gasteiger partial charge in [-0.05, 0) is 23.9 Å². The molecule has 1 fully saturated rings. The number of aryl methyl sites for hydroxylation is 1. The van der Waals surface area contributed by atoms with Gasteiger partial charge in [0.25, 0.3) is 0 Å². The summed E-state index contributed by atoms with van der Waals surface area (Å²) in [6.07, 6.45) is 0. The van der Waals surface area contributed by atoms with Crippen molar-refractivity contribution in [3.05, 3.63) is 63.3 Å². The first-order valence-corrected chi connectivity index (χ1v) is 11.7. The molecule has 152 valence electrons. The van der Waals surface area contributed by atoms with Gasteiger partial charge in [0.05, 0.1) is 18.8 Å². The number of benzene rings is 1. The normalized spacial score (nSPS) is 15.5. The predicted octanol–water partition coefficient (Wildman–Crippen LogP) is 3.61. The molecule has 1 N–H and O–H groups in total. The number of nitrogens with zero attached hydrogens (tertiary/aromatic N) is 3. The third kappa shape index (κ3) is 5.51. The largest absolute Gasteiger partial charge is 0.350 e. The maximum absolute atomic E-state index is 12.3. The fourth-order valence-electron chi connectivity index (χ4n) is 3.45. The van der Waals surface area contributed by atoms with Gasteiger partial charge in [0.2, 0.25) is 5.91 Å². The third-order valence-corrected chi connectivity index (χ3v) is 7.17. The molecule has 0 atom stereocenters. The number of aromatic nitrogens is 1. The van der Waals surface area contributed by atoms with Crippen molar-refractivity contribution in [2.24, 2.45) is 0 Å². The number of piperazine rings is 1. The van der Waals surface area contributed by atoms with Crippen LogP contribution in [-0.4, -0.2) is 53.4 Å². The molecule has 4 rings (SSSR count). The molecule has 0 radical (unpaired) electrons. The van der Waals surface area contributed by atoms with E-state index in [2.05, 4.69) is 51.0 Å². The molecular weight excluding hydrogens is 400 g/mol. The van der Waals surface area contributed by atoms with Gasteiger partial charge in [-0.1, -0.05) is 30.3 Å². The summed E-state index contributed by atoms with van der Waals surface area (Å²) >= 11 is 3.40. The van der Waals surface area contributed by atoms with Crippen molar-refractivity contribution in [3.8, 4) is 10.6 Å². The number of carbonyl (C=O) groups excluding carboxylic acids is 1. The lowest BCUT2D eigenvalue weighted by Crippen LogP contribution is -2.49. The van der Waals surface area contributed by atoms with Gasteiger partial charge >= 0.3 is 0 Å². The van der Waals surface area contributed by atoms with Crippen LogP contribution in [0.5, 0.6) is 0 Å². The van der Waals surface area contributed by atoms with Gasteiger partial charge < -0.3 is 5.32 Å². The van der Waals surface area contributed by atoms with Crippen molar-refractivity contribution in [1.82, 2.24) is 20.1 Å². The van der Waals surface area contributed by atoms with Gasteiger partial charge in [-0.25, -0.2) is 4.98 Å². The summed E-state index contributed by atoms with van der Waals surface area (Å²) in [4.78, 5) is 23.0. The molecule has 0 spiro atoms. The van der Waals surface area contributed by atoms with E-state index in [-0.39, 0.29) is 5.91 Å². The monoisotopic (exact) mass is 426 g/mol. The van der Waals surface area contributed by atoms with E-state index in [0.717, 1.165) is 43.4 Å². The molecule has 29 heavy (non-hydrogen) atoms. The summed E-state index contributed by atoms with van der Waals surface area (Å²) in [7, 11) is 0. The zero-order valence-electron chi connectivity index (χ0n) is 16.6. The Bertz CT molecular complexity index is 929. The summed E-state index contributed by atoms with van der Waals surface area (Å²) in [6.45, 7) is 7.85. The molecule has 2 aromatic heterocycles. The van der Waals surface area contributed by atoms with E-state index >= 15 is 0 Å². The van der Waals surface area contributed by atoms with Crippen LogP contribution in [0.25, 0.3) is 10.6 Å². The second-order valence-electron chi connectivity index (χ2n) is 7.37. The van der Waals surface area contributed by atoms with Crippen molar-refractivity contribution in [2.45, 2.75) is 20.0 Å². The van der Waals surface area contributed by atoms with Crippen LogP contribution in [0.1, 0.15) is 16.1 Å². The molecular formula is C22H26N4OS2. The number of amides is 1. The van der Waals surface area contributed by atoms with Gasteiger partial charge in [-0.3, -0.25) is 14.6 Å². The average molecular weight is 427 g/mol. The Labute approximate surface area is 180 Å². The fourth-order valence-corrected chi connectivity index (χ4v) is 5.11. The molecule has 0 saturated carbocycles. The molecule has 1 aromatic carbocycles. The average Bonchev–Trinajstić information content (AvgIpc) is 3.37. The van der Waals surface area contributed by atoms with E-state index in [0.29, 0.717) is 13.1 Å². The van der Waals surface area contributed by atoms with E-state index in [1.165, 1.54) is 16.0 Å². The summed E-state index contributed by atoms with van der Waals surface area (Å²) in [6, 6.07) is 12.4. The first-order valence-electron chi connectivity index (χ1n) is 9.91. The lowest BCUT2D eigenvalue weighted by molar-refractivity contribution is -0.122. The van der Waals surface area contributed by atoms with Gasteiger partial charge in [0.15, 0.2) is 0 Å². The Morgan fingerprint density at radius 3 is 2.55 bits per heavy atom. The minimum atomic E-state index is 0.109. The summed E-state index contributed by atoms with van der Waals surface area (Å²) in [5, 5.41) is 8.36. The Balaban J connectivity index is 1.20. The maximum atomic E-state index is 12.3. The van der Waals surface area contributed by atoms with Gasteiger partial charge in [-0.15, -0.1) is 22.7 Å². The van der Waals surface area contributed by atoms with Crippen LogP contribution in [0.4, 0.5) is 0 Å². The minimum Gasteiger partial charge on any atom is -0.350 e. The van der Waals surface area contributed by atoms with Crippen molar-refractivity contribution < 1.29 is 4.79 Å². The van der Waals surface area contributed by atoms with E-state index in [1.807, 2.05) is 18.2 Å². The molecule has 7 heteroatoms. The van der Waals surface area contributed by atoms with Crippen LogP contribution < -0.4 is 5.32 Å². The van der Waals surface area contributed by atoms with E-state index in [1.54, 1.807) is 22.7 Å². The molecule has 1 saturated heterocycles. The highest BCUT2D eigenvalue weighted by Crippen LogP contribution is 2.24. The van der Waals surface area contributed by atoms with E-state index in [9.17, 15) is 4.79 Å². The van der Waals surface area contributed by atoms with Crippen molar-refractivity contribution >= 4 is 28.6 Å². The van der Waals surface area contributed by atoms with Crippen molar-refractivity contribution in [2.75, 3.05) is 32.7 Å². The summed E-state index contributed by atoms with van der Waals surface area (Å²) < 4.78 is 0. The quantitative estimate of drug-likeness (QED) is 0.627. The van der Waals surface area contributed by atoms with E-state index < -0.39 is 0 Å². The van der Waals surface area contributed by atoms with E-state index in [4.69, 9.17) is 4.98 Å². The zero-order valence-corrected chi connectivity index (χ0v) is 18.3. The smallest absolute Gasteiger partial charge is 0.234 e. The van der Waals surface area contributed by atoms with Crippen molar-refractivity contribution in [1.29, 1.82) is 0 Å².